The topological polar surface area (TPSA) is 40.5 Å². The first-order chi connectivity index (χ1) is 8.66. The van der Waals surface area contributed by atoms with Gasteiger partial charge in [-0.05, 0) is 30.4 Å². The van der Waals surface area contributed by atoms with Gasteiger partial charge in [-0.2, -0.15) is 0 Å². The van der Waals surface area contributed by atoms with Crippen LogP contribution >= 0.6 is 0 Å². The van der Waals surface area contributed by atoms with Crippen LogP contribution in [-0.4, -0.2) is 35.6 Å². The number of carbonyl (C=O) groups is 1. The molecule has 2 atom stereocenters. The van der Waals surface area contributed by atoms with Crippen molar-refractivity contribution in [2.24, 2.45) is 5.92 Å². The van der Waals surface area contributed by atoms with E-state index in [4.69, 9.17) is 5.11 Å². The monoisotopic (exact) mass is 247 g/mol. The van der Waals surface area contributed by atoms with Gasteiger partial charge in [0.05, 0.1) is 6.42 Å². The van der Waals surface area contributed by atoms with Gasteiger partial charge in [0.2, 0.25) is 0 Å². The molecule has 1 aromatic carbocycles. The summed E-state index contributed by atoms with van der Waals surface area (Å²) in [4.78, 5) is 12.9. The first kappa shape index (κ1) is 13.1. The second kappa shape index (κ2) is 6.01. The Balaban J connectivity index is 1.91. The highest BCUT2D eigenvalue weighted by atomic mass is 16.4. The van der Waals surface area contributed by atoms with E-state index in [1.54, 1.807) is 0 Å². The molecule has 0 amide bonds. The summed E-state index contributed by atoms with van der Waals surface area (Å²) in [5, 5.41) is 8.71. The van der Waals surface area contributed by atoms with Crippen LogP contribution in [0.3, 0.4) is 0 Å². The zero-order valence-corrected chi connectivity index (χ0v) is 10.9. The van der Waals surface area contributed by atoms with E-state index in [-0.39, 0.29) is 6.42 Å². The van der Waals surface area contributed by atoms with E-state index in [0.717, 1.165) is 19.5 Å². The highest BCUT2D eigenvalue weighted by Gasteiger charge is 2.26. The van der Waals surface area contributed by atoms with Gasteiger partial charge in [0, 0.05) is 13.1 Å². The fourth-order valence-electron chi connectivity index (χ4n) is 2.88. The zero-order chi connectivity index (χ0) is 13.0. The van der Waals surface area contributed by atoms with Crippen LogP contribution in [0, 0.1) is 5.92 Å². The van der Waals surface area contributed by atoms with E-state index in [1.807, 2.05) is 0 Å². The van der Waals surface area contributed by atoms with Gasteiger partial charge >= 0.3 is 5.97 Å². The zero-order valence-electron chi connectivity index (χ0n) is 10.9. The number of hydrogen-bond donors (Lipinski definition) is 1. The molecule has 0 aliphatic carbocycles. The van der Waals surface area contributed by atoms with E-state index in [1.165, 1.54) is 5.56 Å². The molecule has 1 saturated heterocycles. The van der Waals surface area contributed by atoms with Crippen LogP contribution in [0.25, 0.3) is 0 Å². The third-order valence-corrected chi connectivity index (χ3v) is 3.86. The number of carboxylic acids is 1. The van der Waals surface area contributed by atoms with Crippen molar-refractivity contribution in [1.82, 2.24) is 4.90 Å². The Morgan fingerprint density at radius 3 is 2.72 bits per heavy atom. The minimum atomic E-state index is -0.701. The molecule has 3 nitrogen and oxygen atoms in total. The van der Waals surface area contributed by atoms with Gasteiger partial charge in [-0.25, -0.2) is 0 Å². The van der Waals surface area contributed by atoms with Crippen LogP contribution < -0.4 is 0 Å². The smallest absolute Gasteiger partial charge is 0.304 e. The van der Waals surface area contributed by atoms with Crippen molar-refractivity contribution in [1.29, 1.82) is 0 Å². The van der Waals surface area contributed by atoms with Crippen LogP contribution in [0.5, 0.6) is 0 Å². The fraction of sp³-hybridized carbons (Fsp3) is 0.533. The van der Waals surface area contributed by atoms with Crippen molar-refractivity contribution in [3.8, 4) is 0 Å². The van der Waals surface area contributed by atoms with Crippen LogP contribution in [0.2, 0.25) is 0 Å². The standard InChI is InChI=1S/C15H21NO2/c1-12-11-16(10-8-15(17)18)9-7-14(12)13-5-3-2-4-6-13/h2-6,12,14H,7-11H2,1H3,(H,17,18)/t12-,14-/m0/s1. The largest absolute Gasteiger partial charge is 0.481 e. The maximum atomic E-state index is 10.6. The Morgan fingerprint density at radius 1 is 1.39 bits per heavy atom. The van der Waals surface area contributed by atoms with Gasteiger partial charge in [0.1, 0.15) is 0 Å². The van der Waals surface area contributed by atoms with E-state index in [2.05, 4.69) is 42.2 Å². The van der Waals surface area contributed by atoms with Gasteiger partial charge in [-0.3, -0.25) is 4.79 Å². The molecule has 1 N–H and O–H groups in total. The summed E-state index contributed by atoms with van der Waals surface area (Å²) in [5.74, 6) is 0.509. The average molecular weight is 247 g/mol. The van der Waals surface area contributed by atoms with Gasteiger partial charge < -0.3 is 10.0 Å². The normalized spacial score (nSPS) is 24.9. The Kier molecular flexibility index (Phi) is 4.37. The molecule has 0 radical (unpaired) electrons. The molecule has 0 saturated carbocycles. The third-order valence-electron chi connectivity index (χ3n) is 3.86. The summed E-state index contributed by atoms with van der Waals surface area (Å²) in [5.41, 5.74) is 1.42. The minimum Gasteiger partial charge on any atom is -0.481 e. The number of rotatable bonds is 4. The second-order valence-corrected chi connectivity index (χ2v) is 5.23. The molecule has 1 aliphatic heterocycles. The number of nitrogens with zero attached hydrogens (tertiary/aromatic N) is 1. The molecule has 0 unspecified atom stereocenters. The molecular weight excluding hydrogens is 226 g/mol. The van der Waals surface area contributed by atoms with Gasteiger partial charge in [-0.1, -0.05) is 37.3 Å². The van der Waals surface area contributed by atoms with Crippen molar-refractivity contribution >= 4 is 5.97 Å². The molecule has 1 heterocycles. The summed E-state index contributed by atoms with van der Waals surface area (Å²) in [6, 6.07) is 10.6. The highest BCUT2D eigenvalue weighted by molar-refractivity contribution is 5.66. The predicted molar refractivity (Wildman–Crippen MR) is 71.7 cm³/mol. The highest BCUT2D eigenvalue weighted by Crippen LogP contribution is 2.32. The van der Waals surface area contributed by atoms with E-state index < -0.39 is 5.97 Å². The molecule has 1 aromatic rings. The maximum Gasteiger partial charge on any atom is 0.304 e. The van der Waals surface area contributed by atoms with Crippen molar-refractivity contribution in [3.63, 3.8) is 0 Å². The summed E-state index contributed by atoms with van der Waals surface area (Å²) < 4.78 is 0. The van der Waals surface area contributed by atoms with E-state index in [9.17, 15) is 4.79 Å². The average Bonchev–Trinajstić information content (AvgIpc) is 2.37. The molecule has 0 aromatic heterocycles. The van der Waals surface area contributed by atoms with Gasteiger partial charge in [0.25, 0.3) is 0 Å². The van der Waals surface area contributed by atoms with Crippen molar-refractivity contribution in [2.75, 3.05) is 19.6 Å². The number of piperidine rings is 1. The lowest BCUT2D eigenvalue weighted by molar-refractivity contribution is -0.137. The number of benzene rings is 1. The van der Waals surface area contributed by atoms with Gasteiger partial charge in [0.15, 0.2) is 0 Å². The lowest BCUT2D eigenvalue weighted by Gasteiger charge is -2.37. The number of carboxylic acid groups (broad SMARTS) is 1. The Morgan fingerprint density at radius 2 is 2.11 bits per heavy atom. The summed E-state index contributed by atoms with van der Waals surface area (Å²) in [7, 11) is 0. The fourth-order valence-corrected chi connectivity index (χ4v) is 2.88. The number of hydrogen-bond acceptors (Lipinski definition) is 2. The Bertz CT molecular complexity index is 391. The SMILES string of the molecule is C[C@H]1CN(CCC(=O)O)CC[C@@H]1c1ccccc1. The molecule has 0 bridgehead atoms. The second-order valence-electron chi connectivity index (χ2n) is 5.23. The van der Waals surface area contributed by atoms with Crippen LogP contribution in [-0.2, 0) is 4.79 Å². The van der Waals surface area contributed by atoms with E-state index >= 15 is 0 Å². The molecule has 3 heteroatoms. The maximum absolute atomic E-state index is 10.6. The van der Waals surface area contributed by atoms with Crippen LogP contribution in [0.15, 0.2) is 30.3 Å². The van der Waals surface area contributed by atoms with Crippen LogP contribution in [0.4, 0.5) is 0 Å². The molecule has 18 heavy (non-hydrogen) atoms. The lowest BCUT2D eigenvalue weighted by Crippen LogP contribution is -2.39. The number of aliphatic carboxylic acids is 1. The van der Waals surface area contributed by atoms with Gasteiger partial charge in [-0.15, -0.1) is 0 Å². The van der Waals surface area contributed by atoms with Crippen LogP contribution in [0.1, 0.15) is 31.2 Å². The summed E-state index contributed by atoms with van der Waals surface area (Å²) in [6.07, 6.45) is 1.38. The van der Waals surface area contributed by atoms with Crippen molar-refractivity contribution < 1.29 is 9.90 Å². The molecule has 1 fully saturated rings. The molecular formula is C15H21NO2. The van der Waals surface area contributed by atoms with E-state index in [0.29, 0.717) is 18.4 Å². The number of likely N-dealkylation sites (tertiary alicyclic amines) is 1. The molecule has 98 valence electrons. The lowest BCUT2D eigenvalue weighted by atomic mass is 9.81. The first-order valence-electron chi connectivity index (χ1n) is 6.66. The quantitative estimate of drug-likeness (QED) is 0.889. The molecule has 2 rings (SSSR count). The summed E-state index contributed by atoms with van der Waals surface area (Å²) in [6.45, 7) is 4.97. The first-order valence-corrected chi connectivity index (χ1v) is 6.66. The van der Waals surface area contributed by atoms with Crippen molar-refractivity contribution in [2.45, 2.75) is 25.7 Å². The Hall–Kier alpha value is -1.35. The molecule has 1 aliphatic rings. The predicted octanol–water partition coefficient (Wildman–Crippen LogP) is 2.59. The third kappa shape index (κ3) is 3.33. The van der Waals surface area contributed by atoms with Crippen molar-refractivity contribution in [3.05, 3.63) is 35.9 Å². The molecule has 0 spiro atoms. The Labute approximate surface area is 108 Å². The minimum absolute atomic E-state index is 0.253. The summed E-state index contributed by atoms with van der Waals surface area (Å²) >= 11 is 0.